The van der Waals surface area contributed by atoms with Crippen molar-refractivity contribution in [3.05, 3.63) is 38.7 Å². The number of aromatic nitrogens is 3. The lowest BCUT2D eigenvalue weighted by Gasteiger charge is -2.12. The topological polar surface area (TPSA) is 38.7 Å². The lowest BCUT2D eigenvalue weighted by atomic mass is 10.0. The quantitative estimate of drug-likeness (QED) is 0.737. The van der Waals surface area contributed by atoms with E-state index >= 15 is 0 Å². The molecule has 6 heteroatoms. The Morgan fingerprint density at radius 1 is 1.11 bits per heavy atom. The van der Waals surface area contributed by atoms with E-state index in [1.54, 1.807) is 6.07 Å². The zero-order valence-electron chi connectivity index (χ0n) is 10.7. The standard InChI is InChI=1S/C13H12Cl3N3/c1-6(2)10-7(3)18-13(19-12(10)16)11-9(15)4-8(14)5-17-11/h4-6H,1-3H3. The lowest BCUT2D eigenvalue weighted by molar-refractivity contribution is 0.830. The predicted octanol–water partition coefficient (Wildman–Crippen LogP) is 4.93. The minimum Gasteiger partial charge on any atom is -0.250 e. The molecule has 2 aromatic heterocycles. The van der Waals surface area contributed by atoms with E-state index in [9.17, 15) is 0 Å². The average Bonchev–Trinajstić information content (AvgIpc) is 2.26. The summed E-state index contributed by atoms with van der Waals surface area (Å²) >= 11 is 18.1. The van der Waals surface area contributed by atoms with Gasteiger partial charge in [-0.05, 0) is 18.9 Å². The number of hydrogen-bond acceptors (Lipinski definition) is 3. The molecule has 0 aliphatic rings. The molecule has 0 unspecified atom stereocenters. The summed E-state index contributed by atoms with van der Waals surface area (Å²) in [7, 11) is 0. The Hall–Kier alpha value is -0.900. The highest BCUT2D eigenvalue weighted by Gasteiger charge is 2.16. The van der Waals surface area contributed by atoms with Crippen LogP contribution in [0.4, 0.5) is 0 Å². The van der Waals surface area contributed by atoms with E-state index in [1.807, 2.05) is 20.8 Å². The Morgan fingerprint density at radius 2 is 1.79 bits per heavy atom. The zero-order valence-corrected chi connectivity index (χ0v) is 13.0. The van der Waals surface area contributed by atoms with E-state index in [1.165, 1.54) is 6.20 Å². The molecular formula is C13H12Cl3N3. The van der Waals surface area contributed by atoms with Gasteiger partial charge in [0.05, 0.1) is 10.0 Å². The monoisotopic (exact) mass is 315 g/mol. The van der Waals surface area contributed by atoms with E-state index in [4.69, 9.17) is 34.8 Å². The second-order valence-corrected chi connectivity index (χ2v) is 5.68. The number of hydrogen-bond donors (Lipinski definition) is 0. The van der Waals surface area contributed by atoms with Gasteiger partial charge in [-0.2, -0.15) is 0 Å². The fourth-order valence-electron chi connectivity index (χ4n) is 1.89. The van der Waals surface area contributed by atoms with Gasteiger partial charge in [0.15, 0.2) is 5.82 Å². The predicted molar refractivity (Wildman–Crippen MR) is 79.1 cm³/mol. The SMILES string of the molecule is Cc1nc(-c2ncc(Cl)cc2Cl)nc(Cl)c1C(C)C. The van der Waals surface area contributed by atoms with Crippen molar-refractivity contribution in [3.8, 4) is 11.5 Å². The summed E-state index contributed by atoms with van der Waals surface area (Å²) < 4.78 is 0. The minimum absolute atomic E-state index is 0.259. The Kier molecular flexibility index (Phi) is 4.29. The second-order valence-electron chi connectivity index (χ2n) is 4.48. The minimum atomic E-state index is 0.259. The molecule has 2 rings (SSSR count). The van der Waals surface area contributed by atoms with Gasteiger partial charge in [0.1, 0.15) is 10.8 Å². The third-order valence-corrected chi connectivity index (χ3v) is 3.47. The Bertz CT molecular complexity index is 604. The second kappa shape index (κ2) is 5.61. The van der Waals surface area contributed by atoms with Crippen molar-refractivity contribution < 1.29 is 0 Å². The zero-order chi connectivity index (χ0) is 14.2. The van der Waals surface area contributed by atoms with Gasteiger partial charge >= 0.3 is 0 Å². The van der Waals surface area contributed by atoms with Gasteiger partial charge < -0.3 is 0 Å². The number of pyridine rings is 1. The van der Waals surface area contributed by atoms with Crippen LogP contribution in [-0.4, -0.2) is 15.0 Å². The first-order chi connectivity index (χ1) is 8.90. The molecule has 3 nitrogen and oxygen atoms in total. The van der Waals surface area contributed by atoms with Crippen LogP contribution in [0, 0.1) is 6.92 Å². The first-order valence-corrected chi connectivity index (χ1v) is 6.89. The third kappa shape index (κ3) is 2.99. The average molecular weight is 317 g/mol. The lowest BCUT2D eigenvalue weighted by Crippen LogP contribution is -2.03. The van der Waals surface area contributed by atoms with Gasteiger partial charge in [0.25, 0.3) is 0 Å². The molecule has 0 saturated carbocycles. The molecule has 2 aromatic rings. The largest absolute Gasteiger partial charge is 0.250 e. The molecule has 0 aliphatic carbocycles. The van der Waals surface area contributed by atoms with Crippen molar-refractivity contribution >= 4 is 34.8 Å². The molecule has 0 atom stereocenters. The Morgan fingerprint density at radius 3 is 2.32 bits per heavy atom. The van der Waals surface area contributed by atoms with Crippen LogP contribution in [0.2, 0.25) is 15.2 Å². The number of nitrogens with zero attached hydrogens (tertiary/aromatic N) is 3. The maximum absolute atomic E-state index is 6.22. The van der Waals surface area contributed by atoms with E-state index in [2.05, 4.69) is 15.0 Å². The maximum atomic E-state index is 6.22. The van der Waals surface area contributed by atoms with Crippen LogP contribution in [0.5, 0.6) is 0 Å². The van der Waals surface area contributed by atoms with Crippen molar-refractivity contribution in [2.24, 2.45) is 0 Å². The molecule has 0 spiro atoms. The Labute approximate surface area is 127 Å². The van der Waals surface area contributed by atoms with Crippen molar-refractivity contribution in [2.75, 3.05) is 0 Å². The van der Waals surface area contributed by atoms with Gasteiger partial charge in [0.2, 0.25) is 0 Å². The molecule has 0 bridgehead atoms. The fourth-order valence-corrected chi connectivity index (χ4v) is 2.79. The van der Waals surface area contributed by atoms with E-state index in [0.717, 1.165) is 11.3 Å². The van der Waals surface area contributed by atoms with Crippen LogP contribution in [0.25, 0.3) is 11.5 Å². The molecule has 0 N–H and O–H groups in total. The van der Waals surface area contributed by atoms with E-state index in [0.29, 0.717) is 26.7 Å². The molecule has 19 heavy (non-hydrogen) atoms. The van der Waals surface area contributed by atoms with Crippen LogP contribution >= 0.6 is 34.8 Å². The highest BCUT2D eigenvalue weighted by Crippen LogP contribution is 2.30. The van der Waals surface area contributed by atoms with E-state index < -0.39 is 0 Å². The van der Waals surface area contributed by atoms with Crippen molar-refractivity contribution in [2.45, 2.75) is 26.7 Å². The molecule has 0 saturated heterocycles. The van der Waals surface area contributed by atoms with Gasteiger partial charge in [-0.1, -0.05) is 48.7 Å². The molecule has 0 aliphatic heterocycles. The summed E-state index contributed by atoms with van der Waals surface area (Å²) in [6, 6.07) is 1.61. The van der Waals surface area contributed by atoms with E-state index in [-0.39, 0.29) is 5.92 Å². The normalized spacial score (nSPS) is 11.1. The summed E-state index contributed by atoms with van der Waals surface area (Å²) in [5.74, 6) is 0.670. The van der Waals surface area contributed by atoms with Crippen molar-refractivity contribution in [3.63, 3.8) is 0 Å². The summed E-state index contributed by atoms with van der Waals surface area (Å²) in [5, 5.41) is 1.31. The van der Waals surface area contributed by atoms with Crippen LogP contribution in [0.15, 0.2) is 12.3 Å². The van der Waals surface area contributed by atoms with Gasteiger partial charge in [-0.25, -0.2) is 15.0 Å². The summed E-state index contributed by atoms with van der Waals surface area (Å²) in [5.41, 5.74) is 2.25. The van der Waals surface area contributed by atoms with Gasteiger partial charge in [-0.15, -0.1) is 0 Å². The molecule has 0 radical (unpaired) electrons. The van der Waals surface area contributed by atoms with Crippen LogP contribution in [0.1, 0.15) is 31.0 Å². The van der Waals surface area contributed by atoms with Gasteiger partial charge in [-0.3, -0.25) is 0 Å². The molecule has 0 aromatic carbocycles. The van der Waals surface area contributed by atoms with Crippen LogP contribution in [-0.2, 0) is 0 Å². The van der Waals surface area contributed by atoms with Crippen molar-refractivity contribution in [1.82, 2.24) is 15.0 Å². The molecule has 100 valence electrons. The smallest absolute Gasteiger partial charge is 0.181 e. The summed E-state index contributed by atoms with van der Waals surface area (Å²) in [6.07, 6.45) is 1.51. The number of halogens is 3. The summed E-state index contributed by atoms with van der Waals surface area (Å²) in [6.45, 7) is 5.99. The molecular weight excluding hydrogens is 305 g/mol. The molecule has 0 fully saturated rings. The van der Waals surface area contributed by atoms with Crippen LogP contribution in [0.3, 0.4) is 0 Å². The first kappa shape index (κ1) is 14.5. The van der Waals surface area contributed by atoms with Gasteiger partial charge in [0, 0.05) is 17.5 Å². The highest BCUT2D eigenvalue weighted by molar-refractivity contribution is 6.36. The highest BCUT2D eigenvalue weighted by atomic mass is 35.5. The first-order valence-electron chi connectivity index (χ1n) is 5.75. The fraction of sp³-hybridized carbons (Fsp3) is 0.308. The van der Waals surface area contributed by atoms with Crippen molar-refractivity contribution in [1.29, 1.82) is 0 Å². The molecule has 2 heterocycles. The number of aryl methyl sites for hydroxylation is 1. The maximum Gasteiger partial charge on any atom is 0.181 e. The molecule has 0 amide bonds. The third-order valence-electron chi connectivity index (χ3n) is 2.69. The number of rotatable bonds is 2. The van der Waals surface area contributed by atoms with Crippen LogP contribution < -0.4 is 0 Å². The summed E-state index contributed by atoms with van der Waals surface area (Å²) in [4.78, 5) is 12.9. The Balaban J connectivity index is 2.58.